The van der Waals surface area contributed by atoms with Gasteiger partial charge < -0.3 is 50.0 Å². The molecule has 0 amide bonds. The number of rotatable bonds is 7. The maximum Gasteiger partial charge on any atom is 0.128 e. The third-order valence-electron chi connectivity index (χ3n) is 4.64. The van der Waals surface area contributed by atoms with E-state index in [1.165, 1.54) is 26.4 Å². The molecule has 1 aromatic carbocycles. The Morgan fingerprint density at radius 2 is 1.52 bits per heavy atom. The largest absolute Gasteiger partial charge is 0.496 e. The van der Waals surface area contributed by atoms with Crippen molar-refractivity contribution >= 4 is 0 Å². The molecular weight excluding hydrogens is 364 g/mol. The Bertz CT molecular complexity index is 597. The first-order chi connectivity index (χ1) is 12.8. The van der Waals surface area contributed by atoms with Gasteiger partial charge in [-0.1, -0.05) is 0 Å². The highest BCUT2D eigenvalue weighted by Crippen LogP contribution is 2.43. The SMILES string of the molecule is COc1cc([C@@H](O)[C@H](O)CO)cc(OC)c1[C@@H]1O[C@H](CO)[C@@H](O)[C@H](O)[C@H]1O. The van der Waals surface area contributed by atoms with Gasteiger partial charge in [-0.25, -0.2) is 0 Å². The molecule has 10 nitrogen and oxygen atoms in total. The lowest BCUT2D eigenvalue weighted by molar-refractivity contribution is -0.232. The Morgan fingerprint density at radius 3 is 1.96 bits per heavy atom. The van der Waals surface area contributed by atoms with Crippen LogP contribution in [0, 0.1) is 0 Å². The second kappa shape index (κ2) is 9.13. The molecule has 1 heterocycles. The van der Waals surface area contributed by atoms with Gasteiger partial charge in [0.15, 0.2) is 0 Å². The fraction of sp³-hybridized carbons (Fsp3) is 0.647. The van der Waals surface area contributed by atoms with Crippen molar-refractivity contribution < 1.29 is 50.0 Å². The molecule has 7 N–H and O–H groups in total. The molecular formula is C17H26O10. The van der Waals surface area contributed by atoms with Crippen molar-refractivity contribution in [3.05, 3.63) is 23.3 Å². The summed E-state index contributed by atoms with van der Waals surface area (Å²) in [5.74, 6) is 0.218. The average Bonchev–Trinajstić information content (AvgIpc) is 2.70. The maximum absolute atomic E-state index is 10.4. The van der Waals surface area contributed by atoms with E-state index in [-0.39, 0.29) is 22.6 Å². The van der Waals surface area contributed by atoms with Gasteiger partial charge in [0, 0.05) is 0 Å². The summed E-state index contributed by atoms with van der Waals surface area (Å²) in [5, 5.41) is 68.5. The zero-order valence-electron chi connectivity index (χ0n) is 15.0. The van der Waals surface area contributed by atoms with Crippen LogP contribution < -0.4 is 9.47 Å². The van der Waals surface area contributed by atoms with Crippen LogP contribution in [0.1, 0.15) is 23.3 Å². The minimum atomic E-state index is -1.59. The smallest absolute Gasteiger partial charge is 0.128 e. The summed E-state index contributed by atoms with van der Waals surface area (Å²) in [6.07, 6.45) is -9.84. The van der Waals surface area contributed by atoms with Crippen LogP contribution in [0.2, 0.25) is 0 Å². The molecule has 27 heavy (non-hydrogen) atoms. The van der Waals surface area contributed by atoms with Crippen LogP contribution in [-0.4, -0.2) is 93.7 Å². The van der Waals surface area contributed by atoms with E-state index in [9.17, 15) is 30.6 Å². The zero-order valence-corrected chi connectivity index (χ0v) is 15.0. The van der Waals surface area contributed by atoms with E-state index in [0.717, 1.165) is 0 Å². The summed E-state index contributed by atoms with van der Waals surface area (Å²) in [5.41, 5.74) is 0.366. The quantitative estimate of drug-likeness (QED) is 0.266. The van der Waals surface area contributed by atoms with Crippen LogP contribution in [0.3, 0.4) is 0 Å². The summed E-state index contributed by atoms with van der Waals surface area (Å²) < 4.78 is 16.1. The molecule has 0 saturated carbocycles. The first-order valence-corrected chi connectivity index (χ1v) is 8.33. The molecule has 2 rings (SSSR count). The predicted octanol–water partition coefficient (Wildman–Crippen LogP) is -2.39. The fourth-order valence-electron chi connectivity index (χ4n) is 3.07. The summed E-state index contributed by atoms with van der Waals surface area (Å²) in [6, 6.07) is 2.73. The molecule has 0 bridgehead atoms. The summed E-state index contributed by atoms with van der Waals surface area (Å²) in [6.45, 7) is -1.26. The molecule has 0 aromatic heterocycles. The molecule has 1 aromatic rings. The Hall–Kier alpha value is -1.50. The number of methoxy groups -OCH3 is 2. The second-order valence-corrected chi connectivity index (χ2v) is 6.28. The van der Waals surface area contributed by atoms with E-state index in [2.05, 4.69) is 0 Å². The number of benzene rings is 1. The van der Waals surface area contributed by atoms with Gasteiger partial charge in [-0.3, -0.25) is 0 Å². The normalized spacial score (nSPS) is 30.6. The second-order valence-electron chi connectivity index (χ2n) is 6.28. The minimum absolute atomic E-state index is 0.109. The lowest BCUT2D eigenvalue weighted by Crippen LogP contribution is -2.55. The summed E-state index contributed by atoms with van der Waals surface area (Å²) >= 11 is 0. The third-order valence-corrected chi connectivity index (χ3v) is 4.64. The minimum Gasteiger partial charge on any atom is -0.496 e. The summed E-state index contributed by atoms with van der Waals surface area (Å²) in [4.78, 5) is 0. The van der Waals surface area contributed by atoms with Crippen LogP contribution in [-0.2, 0) is 4.74 Å². The van der Waals surface area contributed by atoms with Gasteiger partial charge in [0.2, 0.25) is 0 Å². The predicted molar refractivity (Wildman–Crippen MR) is 90.3 cm³/mol. The van der Waals surface area contributed by atoms with Gasteiger partial charge in [-0.15, -0.1) is 0 Å². The highest BCUT2D eigenvalue weighted by atomic mass is 16.5. The number of ether oxygens (including phenoxy) is 3. The van der Waals surface area contributed by atoms with Crippen LogP contribution in [0.15, 0.2) is 12.1 Å². The van der Waals surface area contributed by atoms with Crippen molar-refractivity contribution in [2.75, 3.05) is 27.4 Å². The van der Waals surface area contributed by atoms with E-state index < -0.39 is 55.9 Å². The molecule has 1 aliphatic rings. The summed E-state index contributed by atoms with van der Waals surface area (Å²) in [7, 11) is 2.64. The van der Waals surface area contributed by atoms with Crippen molar-refractivity contribution in [2.24, 2.45) is 0 Å². The molecule has 1 fully saturated rings. The van der Waals surface area contributed by atoms with Gasteiger partial charge in [-0.05, 0) is 17.7 Å². The van der Waals surface area contributed by atoms with Crippen molar-refractivity contribution in [2.45, 2.75) is 42.7 Å². The van der Waals surface area contributed by atoms with E-state index >= 15 is 0 Å². The maximum atomic E-state index is 10.4. The van der Waals surface area contributed by atoms with Gasteiger partial charge in [0.25, 0.3) is 0 Å². The van der Waals surface area contributed by atoms with E-state index in [4.69, 9.17) is 19.3 Å². The van der Waals surface area contributed by atoms with Crippen molar-refractivity contribution in [1.29, 1.82) is 0 Å². The third kappa shape index (κ3) is 4.18. The van der Waals surface area contributed by atoms with Crippen LogP contribution in [0.25, 0.3) is 0 Å². The average molecular weight is 390 g/mol. The van der Waals surface area contributed by atoms with E-state index in [0.29, 0.717) is 0 Å². The number of hydrogen-bond acceptors (Lipinski definition) is 10. The highest BCUT2D eigenvalue weighted by Gasteiger charge is 2.46. The number of hydrogen-bond donors (Lipinski definition) is 7. The van der Waals surface area contributed by atoms with Gasteiger partial charge >= 0.3 is 0 Å². The Morgan fingerprint density at radius 1 is 0.963 bits per heavy atom. The molecule has 0 radical (unpaired) electrons. The van der Waals surface area contributed by atoms with Crippen LogP contribution in [0.4, 0.5) is 0 Å². The van der Waals surface area contributed by atoms with Crippen LogP contribution in [0.5, 0.6) is 11.5 Å². The molecule has 0 unspecified atom stereocenters. The van der Waals surface area contributed by atoms with Crippen molar-refractivity contribution in [1.82, 2.24) is 0 Å². The molecule has 154 valence electrons. The van der Waals surface area contributed by atoms with E-state index in [1.54, 1.807) is 0 Å². The standard InChI is InChI=1S/C17H26O10/c1-25-9-3-7(13(21)8(20)5-18)4-10(26-2)12(9)17-16(24)15(23)14(22)11(6-19)27-17/h3-4,8,11,13-24H,5-6H2,1-2H3/t8-,11-,13-,14-,15+,16-,17+/m1/s1. The van der Waals surface area contributed by atoms with Gasteiger partial charge in [0.1, 0.15) is 54.2 Å². The molecule has 0 spiro atoms. The Balaban J connectivity index is 2.52. The monoisotopic (exact) mass is 390 g/mol. The first-order valence-electron chi connectivity index (χ1n) is 8.33. The molecule has 1 aliphatic heterocycles. The van der Waals surface area contributed by atoms with Gasteiger partial charge in [0.05, 0.1) is 33.0 Å². The highest BCUT2D eigenvalue weighted by molar-refractivity contribution is 5.51. The van der Waals surface area contributed by atoms with Crippen LogP contribution >= 0.6 is 0 Å². The molecule has 10 heteroatoms. The Kier molecular flexibility index (Phi) is 7.37. The Labute approximate surface area is 155 Å². The molecule has 0 aliphatic carbocycles. The lowest BCUT2D eigenvalue weighted by Gasteiger charge is -2.41. The zero-order chi connectivity index (χ0) is 20.3. The van der Waals surface area contributed by atoms with Gasteiger partial charge in [-0.2, -0.15) is 0 Å². The van der Waals surface area contributed by atoms with E-state index in [1.807, 2.05) is 0 Å². The number of aliphatic hydroxyl groups is 7. The fourth-order valence-corrected chi connectivity index (χ4v) is 3.07. The molecule has 1 saturated heterocycles. The topological polar surface area (TPSA) is 169 Å². The molecule has 7 atom stereocenters. The first kappa shape index (κ1) is 21.8. The van der Waals surface area contributed by atoms with Crippen molar-refractivity contribution in [3.63, 3.8) is 0 Å². The van der Waals surface area contributed by atoms with Crippen molar-refractivity contribution in [3.8, 4) is 11.5 Å². The lowest BCUT2D eigenvalue weighted by atomic mass is 9.89. The number of aliphatic hydroxyl groups excluding tert-OH is 7.